The van der Waals surface area contributed by atoms with Crippen molar-refractivity contribution in [3.63, 3.8) is 0 Å². The number of para-hydroxylation sites is 1. The Bertz CT molecular complexity index is 625. The zero-order valence-corrected chi connectivity index (χ0v) is 11.8. The number of hydrogen-bond donors (Lipinski definition) is 0. The van der Waals surface area contributed by atoms with Gasteiger partial charge in [-0.15, -0.1) is 0 Å². The van der Waals surface area contributed by atoms with E-state index in [9.17, 15) is 0 Å². The number of hydrogen-bond acceptors (Lipinski definition) is 2. The normalized spacial score (nSPS) is 18.9. The second-order valence-electron chi connectivity index (χ2n) is 5.49. The van der Waals surface area contributed by atoms with Gasteiger partial charge in [-0.05, 0) is 25.5 Å². The van der Waals surface area contributed by atoms with Gasteiger partial charge in [-0.25, -0.2) is 4.99 Å². The van der Waals surface area contributed by atoms with E-state index >= 15 is 0 Å². The molecule has 19 heavy (non-hydrogen) atoms. The van der Waals surface area contributed by atoms with Gasteiger partial charge in [-0.3, -0.25) is 0 Å². The Morgan fingerprint density at radius 3 is 2.84 bits per heavy atom. The summed E-state index contributed by atoms with van der Waals surface area (Å²) in [5.41, 5.74) is 2.68. The molecule has 0 radical (unpaired) electrons. The Hall–Kier alpha value is -1.77. The van der Waals surface area contributed by atoms with Gasteiger partial charge in [0, 0.05) is 36.5 Å². The molecule has 0 amide bonds. The van der Waals surface area contributed by atoms with Crippen LogP contribution < -0.4 is 0 Å². The highest BCUT2D eigenvalue weighted by Gasteiger charge is 2.19. The van der Waals surface area contributed by atoms with Crippen LogP contribution in [-0.4, -0.2) is 23.1 Å². The van der Waals surface area contributed by atoms with Gasteiger partial charge in [0.05, 0.1) is 6.04 Å². The fourth-order valence-electron chi connectivity index (χ4n) is 2.77. The van der Waals surface area contributed by atoms with Gasteiger partial charge < -0.3 is 9.30 Å². The lowest BCUT2D eigenvalue weighted by Crippen LogP contribution is -2.09. The highest BCUT2D eigenvalue weighted by atomic mass is 16.5. The minimum atomic E-state index is 0.270. The van der Waals surface area contributed by atoms with Crippen LogP contribution in [0.2, 0.25) is 0 Å². The Balaban J connectivity index is 1.99. The minimum Gasteiger partial charge on any atom is -0.479 e. The van der Waals surface area contributed by atoms with Gasteiger partial charge in [0.1, 0.15) is 6.61 Å². The first kappa shape index (κ1) is 12.3. The number of aromatic nitrogens is 1. The quantitative estimate of drug-likeness (QED) is 0.824. The summed E-state index contributed by atoms with van der Waals surface area (Å²) in [4.78, 5) is 4.53. The van der Waals surface area contributed by atoms with Crippen molar-refractivity contribution >= 4 is 16.8 Å². The van der Waals surface area contributed by atoms with Crippen LogP contribution in [0.25, 0.3) is 10.9 Å². The number of nitrogens with zero attached hydrogens (tertiary/aromatic N) is 2. The molecule has 1 aromatic heterocycles. The summed E-state index contributed by atoms with van der Waals surface area (Å²) in [6.07, 6.45) is 3.23. The Morgan fingerprint density at radius 2 is 2.16 bits per heavy atom. The van der Waals surface area contributed by atoms with E-state index in [1.807, 2.05) is 6.92 Å². The van der Waals surface area contributed by atoms with Gasteiger partial charge in [0.15, 0.2) is 5.90 Å². The van der Waals surface area contributed by atoms with E-state index in [4.69, 9.17) is 4.74 Å². The number of rotatable bonds is 3. The Labute approximate surface area is 113 Å². The number of fused-ring (bicyclic) bond motifs is 1. The molecule has 0 spiro atoms. The maximum atomic E-state index is 5.45. The summed E-state index contributed by atoms with van der Waals surface area (Å²) in [5, 5.41) is 1.34. The van der Waals surface area contributed by atoms with Gasteiger partial charge in [-0.1, -0.05) is 18.2 Å². The van der Waals surface area contributed by atoms with Crippen molar-refractivity contribution in [2.24, 2.45) is 4.99 Å². The molecule has 0 saturated heterocycles. The molecule has 1 aliphatic heterocycles. The van der Waals surface area contributed by atoms with E-state index in [-0.39, 0.29) is 6.04 Å². The molecule has 0 N–H and O–H groups in total. The summed E-state index contributed by atoms with van der Waals surface area (Å²) in [6.45, 7) is 7.08. The van der Waals surface area contributed by atoms with Gasteiger partial charge in [0.25, 0.3) is 0 Å². The molecule has 0 fully saturated rings. The van der Waals surface area contributed by atoms with E-state index in [2.05, 4.69) is 53.9 Å². The van der Waals surface area contributed by atoms with Crippen LogP contribution in [0.4, 0.5) is 0 Å². The molecule has 2 aromatic rings. The minimum absolute atomic E-state index is 0.270. The lowest BCUT2D eigenvalue weighted by Gasteiger charge is -2.08. The predicted octanol–water partition coefficient (Wildman–Crippen LogP) is 3.58. The topological polar surface area (TPSA) is 26.5 Å². The Morgan fingerprint density at radius 1 is 1.37 bits per heavy atom. The van der Waals surface area contributed by atoms with E-state index < -0.39 is 0 Å². The molecular formula is C16H20N2O. The highest BCUT2D eigenvalue weighted by molar-refractivity contribution is 5.84. The average molecular weight is 256 g/mol. The lowest BCUT2D eigenvalue weighted by atomic mass is 10.1. The molecule has 1 aromatic carbocycles. The zero-order chi connectivity index (χ0) is 13.4. The number of ether oxygens (including phenoxy) is 1. The monoisotopic (exact) mass is 256 g/mol. The third-order valence-electron chi connectivity index (χ3n) is 3.68. The first-order chi connectivity index (χ1) is 9.15. The van der Waals surface area contributed by atoms with Gasteiger partial charge in [-0.2, -0.15) is 0 Å². The fourth-order valence-corrected chi connectivity index (χ4v) is 2.77. The van der Waals surface area contributed by atoms with Crippen molar-refractivity contribution in [1.29, 1.82) is 0 Å². The van der Waals surface area contributed by atoms with E-state index in [1.54, 1.807) is 0 Å². The third kappa shape index (κ3) is 2.25. The van der Waals surface area contributed by atoms with E-state index in [0.29, 0.717) is 12.6 Å². The molecule has 3 nitrogen and oxygen atoms in total. The number of aliphatic imine (C=N–C) groups is 1. The lowest BCUT2D eigenvalue weighted by molar-refractivity contribution is 0.314. The highest BCUT2D eigenvalue weighted by Crippen LogP contribution is 2.26. The van der Waals surface area contributed by atoms with Crippen molar-refractivity contribution in [3.8, 4) is 0 Å². The molecule has 3 heteroatoms. The van der Waals surface area contributed by atoms with E-state index in [0.717, 1.165) is 12.3 Å². The predicted molar refractivity (Wildman–Crippen MR) is 78.9 cm³/mol. The molecule has 1 aliphatic rings. The largest absolute Gasteiger partial charge is 0.479 e. The van der Waals surface area contributed by atoms with Crippen LogP contribution in [0, 0.1) is 0 Å². The SMILES string of the molecule is CC1=N[C@@H](Cc2cn(C(C)C)c3ccccc23)CO1. The third-order valence-corrected chi connectivity index (χ3v) is 3.68. The molecule has 100 valence electrons. The van der Waals surface area contributed by atoms with Crippen molar-refractivity contribution in [1.82, 2.24) is 4.57 Å². The molecule has 1 atom stereocenters. The molecule has 3 rings (SSSR count). The summed E-state index contributed by atoms with van der Waals surface area (Å²) in [6, 6.07) is 9.35. The molecule has 0 bridgehead atoms. The maximum absolute atomic E-state index is 5.45. The zero-order valence-electron chi connectivity index (χ0n) is 11.8. The number of benzene rings is 1. The van der Waals surface area contributed by atoms with E-state index in [1.165, 1.54) is 16.5 Å². The second kappa shape index (κ2) is 4.72. The van der Waals surface area contributed by atoms with Crippen LogP contribution in [0.3, 0.4) is 0 Å². The smallest absolute Gasteiger partial charge is 0.180 e. The summed E-state index contributed by atoms with van der Waals surface area (Å²) in [7, 11) is 0. The van der Waals surface area contributed by atoms with Crippen LogP contribution in [0.1, 0.15) is 32.4 Å². The van der Waals surface area contributed by atoms with Crippen molar-refractivity contribution < 1.29 is 4.74 Å². The summed E-state index contributed by atoms with van der Waals surface area (Å²) < 4.78 is 7.79. The van der Waals surface area contributed by atoms with Gasteiger partial charge in [0.2, 0.25) is 0 Å². The molecular weight excluding hydrogens is 236 g/mol. The standard InChI is InChI=1S/C16H20N2O/c1-11(2)18-9-13(8-14-10-19-12(3)17-14)15-6-4-5-7-16(15)18/h4-7,9,11,14H,8,10H2,1-3H3/t14-/m0/s1. The molecule has 2 heterocycles. The summed E-state index contributed by atoms with van der Waals surface area (Å²) >= 11 is 0. The first-order valence-corrected chi connectivity index (χ1v) is 6.91. The van der Waals surface area contributed by atoms with Crippen molar-refractivity contribution in [2.45, 2.75) is 39.3 Å². The van der Waals surface area contributed by atoms with Crippen LogP contribution in [0.15, 0.2) is 35.5 Å². The maximum Gasteiger partial charge on any atom is 0.180 e. The van der Waals surface area contributed by atoms with Crippen LogP contribution >= 0.6 is 0 Å². The Kier molecular flexibility index (Phi) is 3.05. The van der Waals surface area contributed by atoms with Crippen molar-refractivity contribution in [3.05, 3.63) is 36.0 Å². The van der Waals surface area contributed by atoms with Crippen molar-refractivity contribution in [2.75, 3.05) is 6.61 Å². The second-order valence-corrected chi connectivity index (χ2v) is 5.49. The molecule has 0 aliphatic carbocycles. The molecule has 0 unspecified atom stereocenters. The van der Waals surface area contributed by atoms with Gasteiger partial charge >= 0.3 is 0 Å². The first-order valence-electron chi connectivity index (χ1n) is 6.91. The fraction of sp³-hybridized carbons (Fsp3) is 0.438. The van der Waals surface area contributed by atoms with Crippen LogP contribution in [-0.2, 0) is 11.2 Å². The average Bonchev–Trinajstić information content (AvgIpc) is 2.95. The summed E-state index contributed by atoms with van der Waals surface area (Å²) in [5.74, 6) is 0.817. The van der Waals surface area contributed by atoms with Crippen LogP contribution in [0.5, 0.6) is 0 Å². The molecule has 0 saturated carbocycles.